The maximum absolute atomic E-state index is 6.30. The first kappa shape index (κ1) is 14.8. The minimum atomic E-state index is 0.384. The van der Waals surface area contributed by atoms with Crippen LogP contribution in [0.5, 0.6) is 0 Å². The monoisotopic (exact) mass is 280 g/mol. The third-order valence-corrected chi connectivity index (χ3v) is 4.38. The van der Waals surface area contributed by atoms with Gasteiger partial charge in [-0.25, -0.2) is 0 Å². The molecule has 0 saturated heterocycles. The zero-order valence-electron chi connectivity index (χ0n) is 11.8. The molecule has 2 N–H and O–H groups in total. The first-order valence-corrected chi connectivity index (χ1v) is 7.71. The number of benzene rings is 1. The Hall–Kier alpha value is -0.570. The number of halogens is 1. The lowest BCUT2D eigenvalue weighted by atomic mass is 9.95. The molecule has 0 bridgehead atoms. The van der Waals surface area contributed by atoms with Crippen molar-refractivity contribution in [2.45, 2.75) is 44.7 Å². The highest BCUT2D eigenvalue weighted by atomic mass is 35.5. The minimum Gasteiger partial charge on any atom is -0.327 e. The molecule has 1 saturated carbocycles. The van der Waals surface area contributed by atoms with Crippen LogP contribution in [0.15, 0.2) is 24.3 Å². The summed E-state index contributed by atoms with van der Waals surface area (Å²) in [4.78, 5) is 2.39. The van der Waals surface area contributed by atoms with Gasteiger partial charge in [0.2, 0.25) is 0 Å². The van der Waals surface area contributed by atoms with Crippen LogP contribution < -0.4 is 5.73 Å². The number of hydrogen-bond donors (Lipinski definition) is 1. The molecule has 0 radical (unpaired) electrons. The first-order valence-electron chi connectivity index (χ1n) is 7.33. The molecule has 2 atom stereocenters. The van der Waals surface area contributed by atoms with E-state index in [2.05, 4.69) is 24.1 Å². The molecule has 0 aromatic heterocycles. The van der Waals surface area contributed by atoms with Gasteiger partial charge in [0.05, 0.1) is 0 Å². The Morgan fingerprint density at radius 1 is 1.16 bits per heavy atom. The molecule has 19 heavy (non-hydrogen) atoms. The van der Waals surface area contributed by atoms with Crippen LogP contribution in [-0.2, 0) is 6.54 Å². The van der Waals surface area contributed by atoms with Gasteiger partial charge >= 0.3 is 0 Å². The molecule has 3 heteroatoms. The van der Waals surface area contributed by atoms with Crippen molar-refractivity contribution in [3.63, 3.8) is 0 Å². The topological polar surface area (TPSA) is 29.3 Å². The molecule has 1 aliphatic rings. The van der Waals surface area contributed by atoms with Gasteiger partial charge in [-0.2, -0.15) is 0 Å². The summed E-state index contributed by atoms with van der Waals surface area (Å²) in [6.45, 7) is 2.07. The summed E-state index contributed by atoms with van der Waals surface area (Å²) in [7, 11) is 2.19. The lowest BCUT2D eigenvalue weighted by molar-refractivity contribution is 0.237. The maximum Gasteiger partial charge on any atom is 0.0406 e. The van der Waals surface area contributed by atoms with E-state index in [9.17, 15) is 0 Å². The highest BCUT2D eigenvalue weighted by Crippen LogP contribution is 2.23. The first-order chi connectivity index (χ1) is 9.15. The molecule has 1 aromatic rings. The molecule has 1 fully saturated rings. The van der Waals surface area contributed by atoms with Gasteiger partial charge in [0.25, 0.3) is 0 Å². The van der Waals surface area contributed by atoms with Crippen LogP contribution in [0.2, 0.25) is 5.02 Å². The molecule has 0 spiro atoms. The summed E-state index contributed by atoms with van der Waals surface area (Å²) in [6.07, 6.45) is 6.47. The van der Waals surface area contributed by atoms with Gasteiger partial charge in [-0.3, -0.25) is 0 Å². The fourth-order valence-electron chi connectivity index (χ4n) is 3.01. The fourth-order valence-corrected chi connectivity index (χ4v) is 3.13. The van der Waals surface area contributed by atoms with Crippen molar-refractivity contribution < 1.29 is 0 Å². The molecule has 1 aliphatic carbocycles. The summed E-state index contributed by atoms with van der Waals surface area (Å²) in [5.41, 5.74) is 7.61. The molecule has 1 aromatic carbocycles. The van der Waals surface area contributed by atoms with E-state index < -0.39 is 0 Å². The highest BCUT2D eigenvalue weighted by molar-refractivity contribution is 6.30. The van der Waals surface area contributed by atoms with Crippen LogP contribution in [0.25, 0.3) is 0 Å². The lowest BCUT2D eigenvalue weighted by Crippen LogP contribution is -2.37. The quantitative estimate of drug-likeness (QED) is 0.853. The summed E-state index contributed by atoms with van der Waals surface area (Å²) >= 11 is 5.91. The Kier molecular flexibility index (Phi) is 5.68. The average molecular weight is 281 g/mol. The molecule has 0 aliphatic heterocycles. The van der Waals surface area contributed by atoms with Crippen LogP contribution in [0.3, 0.4) is 0 Å². The van der Waals surface area contributed by atoms with E-state index in [1.54, 1.807) is 0 Å². The van der Waals surface area contributed by atoms with Crippen molar-refractivity contribution in [2.75, 3.05) is 13.6 Å². The van der Waals surface area contributed by atoms with Gasteiger partial charge in [0, 0.05) is 24.2 Å². The molecule has 2 rings (SSSR count). The van der Waals surface area contributed by atoms with E-state index in [0.717, 1.165) is 18.1 Å². The summed E-state index contributed by atoms with van der Waals surface area (Å²) < 4.78 is 0. The average Bonchev–Trinajstić information content (AvgIpc) is 2.58. The Balaban J connectivity index is 1.85. The minimum absolute atomic E-state index is 0.384. The number of rotatable bonds is 4. The van der Waals surface area contributed by atoms with Crippen LogP contribution in [0.4, 0.5) is 0 Å². The van der Waals surface area contributed by atoms with Crippen LogP contribution in [-0.4, -0.2) is 24.5 Å². The van der Waals surface area contributed by atoms with E-state index in [0.29, 0.717) is 12.0 Å². The van der Waals surface area contributed by atoms with Gasteiger partial charge in [0.15, 0.2) is 0 Å². The normalized spacial score (nSPS) is 24.4. The van der Waals surface area contributed by atoms with Crippen molar-refractivity contribution in [1.82, 2.24) is 4.90 Å². The molecular formula is C16H25ClN2. The third kappa shape index (κ3) is 4.79. The van der Waals surface area contributed by atoms with E-state index >= 15 is 0 Å². The van der Waals surface area contributed by atoms with E-state index in [4.69, 9.17) is 17.3 Å². The Labute approximate surface area is 121 Å². The Morgan fingerprint density at radius 3 is 2.58 bits per heavy atom. The maximum atomic E-state index is 6.30. The van der Waals surface area contributed by atoms with Crippen LogP contribution in [0.1, 0.15) is 37.7 Å². The lowest BCUT2D eigenvalue weighted by Gasteiger charge is -2.27. The zero-order chi connectivity index (χ0) is 13.7. The van der Waals surface area contributed by atoms with Gasteiger partial charge in [0.1, 0.15) is 0 Å². The van der Waals surface area contributed by atoms with E-state index in [1.165, 1.54) is 37.7 Å². The molecule has 0 heterocycles. The standard InChI is InChI=1S/C16H25ClN2/c1-19(11-13-7-9-15(17)10-8-13)12-14-5-3-2-4-6-16(14)18/h7-10,14,16H,2-6,11-12,18H2,1H3. The zero-order valence-corrected chi connectivity index (χ0v) is 12.6. The molecule has 2 nitrogen and oxygen atoms in total. The van der Waals surface area contributed by atoms with Gasteiger partial charge in [-0.05, 0) is 43.5 Å². The highest BCUT2D eigenvalue weighted by Gasteiger charge is 2.21. The predicted octanol–water partition coefficient (Wildman–Crippen LogP) is 3.68. The second-order valence-electron chi connectivity index (χ2n) is 5.89. The number of hydrogen-bond acceptors (Lipinski definition) is 2. The molecule has 2 unspecified atom stereocenters. The van der Waals surface area contributed by atoms with Crippen LogP contribution >= 0.6 is 11.6 Å². The third-order valence-electron chi connectivity index (χ3n) is 4.13. The Morgan fingerprint density at radius 2 is 1.84 bits per heavy atom. The predicted molar refractivity (Wildman–Crippen MR) is 82.3 cm³/mol. The van der Waals surface area contributed by atoms with Crippen LogP contribution in [0, 0.1) is 5.92 Å². The number of nitrogens with two attached hydrogens (primary N) is 1. The van der Waals surface area contributed by atoms with Crippen molar-refractivity contribution >= 4 is 11.6 Å². The second-order valence-corrected chi connectivity index (χ2v) is 6.32. The van der Waals surface area contributed by atoms with Crippen molar-refractivity contribution in [3.05, 3.63) is 34.9 Å². The van der Waals surface area contributed by atoms with Crippen molar-refractivity contribution in [2.24, 2.45) is 11.7 Å². The van der Waals surface area contributed by atoms with Gasteiger partial charge < -0.3 is 10.6 Å². The van der Waals surface area contributed by atoms with Gasteiger partial charge in [-0.1, -0.05) is 43.0 Å². The largest absolute Gasteiger partial charge is 0.327 e. The molecule has 0 amide bonds. The SMILES string of the molecule is CN(Cc1ccc(Cl)cc1)CC1CCCCCC1N. The molecule has 106 valence electrons. The van der Waals surface area contributed by atoms with E-state index in [1.807, 2.05) is 12.1 Å². The van der Waals surface area contributed by atoms with Gasteiger partial charge in [-0.15, -0.1) is 0 Å². The fraction of sp³-hybridized carbons (Fsp3) is 0.625. The number of nitrogens with zero attached hydrogens (tertiary/aromatic N) is 1. The molecular weight excluding hydrogens is 256 g/mol. The van der Waals surface area contributed by atoms with E-state index in [-0.39, 0.29) is 0 Å². The Bertz CT molecular complexity index is 377. The smallest absolute Gasteiger partial charge is 0.0406 e. The summed E-state index contributed by atoms with van der Waals surface area (Å²) in [5, 5.41) is 0.803. The summed E-state index contributed by atoms with van der Waals surface area (Å²) in [5.74, 6) is 0.653. The van der Waals surface area contributed by atoms with Crippen molar-refractivity contribution in [1.29, 1.82) is 0 Å². The second kappa shape index (κ2) is 7.28. The summed E-state index contributed by atoms with van der Waals surface area (Å²) in [6, 6.07) is 8.51. The van der Waals surface area contributed by atoms with Crippen molar-refractivity contribution in [3.8, 4) is 0 Å².